The number of methoxy groups -OCH3 is 1. The summed E-state index contributed by atoms with van der Waals surface area (Å²) in [6.07, 6.45) is 8.21. The molecular formula is C16H25IN2O. The first-order valence-electron chi connectivity index (χ1n) is 7.46. The van der Waals surface area contributed by atoms with Gasteiger partial charge in [-0.15, -0.1) is 0 Å². The predicted octanol–water partition coefficient (Wildman–Crippen LogP) is 3.41. The number of hydrogen-bond acceptors (Lipinski definition) is 3. The molecule has 1 fully saturated rings. The fourth-order valence-corrected chi connectivity index (χ4v) is 3.63. The summed E-state index contributed by atoms with van der Waals surface area (Å²) >= 11 is 2.33. The van der Waals surface area contributed by atoms with Crippen molar-refractivity contribution in [1.82, 2.24) is 5.43 Å². The highest BCUT2D eigenvalue weighted by atomic mass is 127. The fourth-order valence-electron chi connectivity index (χ4n) is 3.27. The van der Waals surface area contributed by atoms with E-state index in [0.29, 0.717) is 0 Å². The second kappa shape index (κ2) is 7.73. The Kier molecular flexibility index (Phi) is 6.26. The lowest BCUT2D eigenvalue weighted by Crippen LogP contribution is -2.55. The smallest absolute Gasteiger partial charge is 0.0847 e. The number of benzene rings is 1. The van der Waals surface area contributed by atoms with Crippen molar-refractivity contribution in [2.24, 2.45) is 5.84 Å². The maximum absolute atomic E-state index is 5.96. The summed E-state index contributed by atoms with van der Waals surface area (Å²) in [5.74, 6) is 5.86. The molecule has 1 unspecified atom stereocenters. The van der Waals surface area contributed by atoms with E-state index in [0.717, 1.165) is 19.3 Å². The highest BCUT2D eigenvalue weighted by Gasteiger charge is 2.38. The van der Waals surface area contributed by atoms with E-state index < -0.39 is 0 Å². The Bertz CT molecular complexity index is 399. The molecule has 0 spiro atoms. The summed E-state index contributed by atoms with van der Waals surface area (Å²) in [6, 6.07) is 8.84. The molecule has 4 heteroatoms. The molecule has 1 aromatic rings. The van der Waals surface area contributed by atoms with Crippen LogP contribution in [0.5, 0.6) is 0 Å². The molecule has 3 nitrogen and oxygen atoms in total. The fraction of sp³-hybridized carbons (Fsp3) is 0.625. The van der Waals surface area contributed by atoms with Gasteiger partial charge in [-0.3, -0.25) is 11.3 Å². The van der Waals surface area contributed by atoms with E-state index in [4.69, 9.17) is 10.6 Å². The van der Waals surface area contributed by atoms with Crippen molar-refractivity contribution < 1.29 is 4.74 Å². The van der Waals surface area contributed by atoms with Gasteiger partial charge in [0.05, 0.1) is 11.6 Å². The lowest BCUT2D eigenvalue weighted by atomic mass is 9.83. The van der Waals surface area contributed by atoms with Gasteiger partial charge in [0.25, 0.3) is 0 Å². The largest absolute Gasteiger partial charge is 0.377 e. The van der Waals surface area contributed by atoms with Gasteiger partial charge in [0.1, 0.15) is 0 Å². The zero-order valence-electron chi connectivity index (χ0n) is 12.2. The maximum atomic E-state index is 5.96. The summed E-state index contributed by atoms with van der Waals surface area (Å²) in [5, 5.41) is 0. The maximum Gasteiger partial charge on any atom is 0.0847 e. The van der Waals surface area contributed by atoms with E-state index in [-0.39, 0.29) is 11.6 Å². The van der Waals surface area contributed by atoms with Crippen molar-refractivity contribution in [2.75, 3.05) is 7.11 Å². The van der Waals surface area contributed by atoms with Crippen molar-refractivity contribution in [3.05, 3.63) is 33.4 Å². The van der Waals surface area contributed by atoms with Gasteiger partial charge in [-0.1, -0.05) is 37.8 Å². The zero-order chi connectivity index (χ0) is 14.4. The highest BCUT2D eigenvalue weighted by molar-refractivity contribution is 14.1. The summed E-state index contributed by atoms with van der Waals surface area (Å²) in [5.41, 5.74) is 4.22. The Hall–Kier alpha value is -0.170. The minimum atomic E-state index is -0.117. The van der Waals surface area contributed by atoms with Crippen LogP contribution in [0.3, 0.4) is 0 Å². The van der Waals surface area contributed by atoms with Gasteiger partial charge in [-0.2, -0.15) is 0 Å². The Morgan fingerprint density at radius 3 is 2.30 bits per heavy atom. The molecule has 0 aromatic heterocycles. The van der Waals surface area contributed by atoms with Crippen LogP contribution >= 0.6 is 22.6 Å². The molecule has 112 valence electrons. The van der Waals surface area contributed by atoms with Crippen molar-refractivity contribution in [1.29, 1.82) is 0 Å². The number of hydrogen-bond donors (Lipinski definition) is 2. The zero-order valence-corrected chi connectivity index (χ0v) is 14.4. The van der Waals surface area contributed by atoms with E-state index in [1.165, 1.54) is 34.8 Å². The van der Waals surface area contributed by atoms with Gasteiger partial charge in [-0.25, -0.2) is 0 Å². The van der Waals surface area contributed by atoms with Crippen LogP contribution in [0.25, 0.3) is 0 Å². The minimum Gasteiger partial charge on any atom is -0.377 e. The molecule has 0 aliphatic heterocycles. The molecule has 1 aliphatic carbocycles. The molecule has 0 heterocycles. The van der Waals surface area contributed by atoms with Gasteiger partial charge in [-0.05, 0) is 59.5 Å². The van der Waals surface area contributed by atoms with Crippen LogP contribution in [0.1, 0.15) is 44.1 Å². The highest BCUT2D eigenvalue weighted by Crippen LogP contribution is 2.34. The molecule has 1 saturated carbocycles. The molecule has 0 saturated heterocycles. The lowest BCUT2D eigenvalue weighted by molar-refractivity contribution is -0.0527. The second-order valence-corrected chi connectivity index (χ2v) is 6.98. The van der Waals surface area contributed by atoms with E-state index in [9.17, 15) is 0 Å². The van der Waals surface area contributed by atoms with Crippen molar-refractivity contribution in [3.8, 4) is 0 Å². The van der Waals surface area contributed by atoms with E-state index in [1.807, 2.05) is 7.11 Å². The monoisotopic (exact) mass is 388 g/mol. The van der Waals surface area contributed by atoms with E-state index >= 15 is 0 Å². The number of nitrogens with two attached hydrogens (primary N) is 1. The minimum absolute atomic E-state index is 0.117. The molecule has 1 aliphatic rings. The third-order valence-corrected chi connectivity index (χ3v) is 5.26. The molecular weight excluding hydrogens is 363 g/mol. The molecule has 3 N–H and O–H groups in total. The average Bonchev–Trinajstić information content (AvgIpc) is 2.73. The van der Waals surface area contributed by atoms with Gasteiger partial charge in [0.2, 0.25) is 0 Å². The standard InChI is InChI=1S/C16H25IN2O/c1-20-16(10-4-2-3-5-11-16)15(19-18)12-13-6-8-14(17)9-7-13/h6-9,15,19H,2-5,10-12,18H2,1H3. The number of hydrazine groups is 1. The third-order valence-electron chi connectivity index (χ3n) is 4.55. The van der Waals surface area contributed by atoms with Crippen LogP contribution in [-0.2, 0) is 11.2 Å². The number of halogens is 1. The van der Waals surface area contributed by atoms with Gasteiger partial charge in [0, 0.05) is 10.7 Å². The summed E-state index contributed by atoms with van der Waals surface area (Å²) in [7, 11) is 1.84. The molecule has 0 bridgehead atoms. The third kappa shape index (κ3) is 3.93. The van der Waals surface area contributed by atoms with E-state index in [1.54, 1.807) is 0 Å². The van der Waals surface area contributed by atoms with Gasteiger partial charge >= 0.3 is 0 Å². The lowest BCUT2D eigenvalue weighted by Gasteiger charge is -2.39. The van der Waals surface area contributed by atoms with Crippen LogP contribution in [0, 0.1) is 3.57 Å². The number of ether oxygens (including phenoxy) is 1. The Balaban J connectivity index is 2.13. The Labute approximate surface area is 135 Å². The predicted molar refractivity (Wildman–Crippen MR) is 91.4 cm³/mol. The quantitative estimate of drug-likeness (QED) is 0.352. The summed E-state index contributed by atoms with van der Waals surface area (Å²) < 4.78 is 7.23. The summed E-state index contributed by atoms with van der Waals surface area (Å²) in [6.45, 7) is 0. The van der Waals surface area contributed by atoms with Gasteiger partial charge in [0.15, 0.2) is 0 Å². The molecule has 2 rings (SSSR count). The second-order valence-electron chi connectivity index (χ2n) is 5.73. The average molecular weight is 388 g/mol. The van der Waals surface area contributed by atoms with E-state index in [2.05, 4.69) is 52.3 Å². The number of rotatable bonds is 5. The summed E-state index contributed by atoms with van der Waals surface area (Å²) in [4.78, 5) is 0. The Morgan fingerprint density at radius 2 is 1.80 bits per heavy atom. The first-order valence-corrected chi connectivity index (χ1v) is 8.54. The Morgan fingerprint density at radius 1 is 1.20 bits per heavy atom. The number of nitrogens with one attached hydrogen (secondary N) is 1. The molecule has 1 atom stereocenters. The van der Waals surface area contributed by atoms with Crippen LogP contribution < -0.4 is 11.3 Å². The van der Waals surface area contributed by atoms with Crippen LogP contribution in [0.2, 0.25) is 0 Å². The molecule has 1 aromatic carbocycles. The van der Waals surface area contributed by atoms with Crippen LogP contribution in [-0.4, -0.2) is 18.8 Å². The molecule has 0 radical (unpaired) electrons. The van der Waals surface area contributed by atoms with Crippen LogP contribution in [0.4, 0.5) is 0 Å². The van der Waals surface area contributed by atoms with Crippen molar-refractivity contribution in [2.45, 2.75) is 56.6 Å². The van der Waals surface area contributed by atoms with Crippen molar-refractivity contribution in [3.63, 3.8) is 0 Å². The van der Waals surface area contributed by atoms with Crippen molar-refractivity contribution >= 4 is 22.6 Å². The van der Waals surface area contributed by atoms with Gasteiger partial charge < -0.3 is 4.74 Å². The topological polar surface area (TPSA) is 47.3 Å². The first kappa shape index (κ1) is 16.2. The SMILES string of the molecule is COC1(C(Cc2ccc(I)cc2)NN)CCCCCC1. The normalized spacial score (nSPS) is 20.4. The molecule has 20 heavy (non-hydrogen) atoms. The van der Waals surface area contributed by atoms with Crippen LogP contribution in [0.15, 0.2) is 24.3 Å². The molecule has 0 amide bonds. The first-order chi connectivity index (χ1) is 9.70.